The molecule has 0 spiro atoms. The highest BCUT2D eigenvalue weighted by atomic mass is 19.1. The van der Waals surface area contributed by atoms with Crippen LogP contribution in [0.2, 0.25) is 0 Å². The minimum atomic E-state index is -0.394. The summed E-state index contributed by atoms with van der Waals surface area (Å²) < 4.78 is 12.8. The van der Waals surface area contributed by atoms with Crippen LogP contribution >= 0.6 is 0 Å². The molecule has 6 heteroatoms. The van der Waals surface area contributed by atoms with E-state index in [4.69, 9.17) is 15.9 Å². The molecule has 0 amide bonds. The van der Waals surface area contributed by atoms with Crippen LogP contribution in [0.3, 0.4) is 0 Å². The fraction of sp³-hybridized carbons (Fsp3) is 0. The molecule has 1 aromatic rings. The van der Waals surface area contributed by atoms with Crippen molar-refractivity contribution in [3.8, 4) is 0 Å². The van der Waals surface area contributed by atoms with E-state index in [1.807, 2.05) is 0 Å². The van der Waals surface area contributed by atoms with Crippen molar-refractivity contribution in [1.29, 1.82) is 0 Å². The number of hydroxylamine groups is 3. The van der Waals surface area contributed by atoms with Crippen LogP contribution in [0.1, 0.15) is 0 Å². The summed E-state index contributed by atoms with van der Waals surface area (Å²) in [4.78, 5) is 4.75. The molecule has 1 aliphatic heterocycles. The lowest BCUT2D eigenvalue weighted by molar-refractivity contribution is -0.304. The molecular weight excluding hydrogens is 189 g/mol. The van der Waals surface area contributed by atoms with E-state index in [1.54, 1.807) is 6.07 Å². The van der Waals surface area contributed by atoms with Crippen LogP contribution in [0.4, 0.5) is 10.1 Å². The first-order chi connectivity index (χ1) is 6.66. The maximum Gasteiger partial charge on any atom is 0.176 e. The van der Waals surface area contributed by atoms with Gasteiger partial charge >= 0.3 is 0 Å². The lowest BCUT2D eigenvalue weighted by atomic mass is 10.3. The lowest BCUT2D eigenvalue weighted by Gasteiger charge is -2.14. The zero-order valence-electron chi connectivity index (χ0n) is 7.09. The Balaban J connectivity index is 2.26. The third-order valence-electron chi connectivity index (χ3n) is 1.70. The van der Waals surface area contributed by atoms with Gasteiger partial charge < -0.3 is 5.73 Å². The number of nitrogens with zero attached hydrogens (tertiary/aromatic N) is 2. The monoisotopic (exact) mass is 197 g/mol. The lowest BCUT2D eigenvalue weighted by Crippen LogP contribution is -2.22. The molecule has 0 aromatic heterocycles. The minimum Gasteiger partial charge on any atom is -0.380 e. The Morgan fingerprint density at radius 3 is 2.79 bits per heavy atom. The summed E-state index contributed by atoms with van der Waals surface area (Å²) in [6.07, 6.45) is 1.33. The second-order valence-corrected chi connectivity index (χ2v) is 2.71. The van der Waals surface area contributed by atoms with Crippen LogP contribution in [0, 0.1) is 5.82 Å². The molecule has 74 valence electrons. The summed E-state index contributed by atoms with van der Waals surface area (Å²) in [5.41, 5.74) is 5.76. The Morgan fingerprint density at radius 1 is 1.43 bits per heavy atom. The van der Waals surface area contributed by atoms with Gasteiger partial charge in [0.2, 0.25) is 0 Å². The van der Waals surface area contributed by atoms with Gasteiger partial charge in [0.25, 0.3) is 0 Å². The Bertz CT molecular complexity index is 383. The predicted octanol–water partition coefficient (Wildman–Crippen LogP) is 0.941. The fourth-order valence-corrected chi connectivity index (χ4v) is 1.06. The summed E-state index contributed by atoms with van der Waals surface area (Å²) in [5, 5.41) is 10.5. The van der Waals surface area contributed by atoms with Crippen LogP contribution in [0.5, 0.6) is 0 Å². The SMILES string of the molecule is NC1=CN(c2cccc(F)c2)ON1O. The molecule has 0 saturated heterocycles. The van der Waals surface area contributed by atoms with Crippen LogP contribution < -0.4 is 10.8 Å². The third-order valence-corrected chi connectivity index (χ3v) is 1.70. The van der Waals surface area contributed by atoms with Crippen LogP contribution in [0.15, 0.2) is 36.3 Å². The summed E-state index contributed by atoms with van der Waals surface area (Å²) in [5.74, 6) is -0.372. The summed E-state index contributed by atoms with van der Waals surface area (Å²) >= 11 is 0. The first-order valence-electron chi connectivity index (χ1n) is 3.86. The van der Waals surface area contributed by atoms with Gasteiger partial charge in [0.05, 0.1) is 11.9 Å². The van der Waals surface area contributed by atoms with Gasteiger partial charge in [-0.05, 0) is 12.1 Å². The number of anilines is 1. The van der Waals surface area contributed by atoms with E-state index in [-0.39, 0.29) is 5.82 Å². The van der Waals surface area contributed by atoms with Crippen molar-refractivity contribution in [2.45, 2.75) is 0 Å². The van der Waals surface area contributed by atoms with E-state index < -0.39 is 5.82 Å². The molecule has 0 saturated carbocycles. The number of halogens is 1. The minimum absolute atomic E-state index is 0.0225. The number of benzene rings is 1. The molecule has 1 aliphatic rings. The third kappa shape index (κ3) is 1.48. The molecule has 5 nitrogen and oxygen atoms in total. The van der Waals surface area contributed by atoms with Gasteiger partial charge in [0.1, 0.15) is 5.82 Å². The molecule has 0 radical (unpaired) electrons. The highest BCUT2D eigenvalue weighted by Gasteiger charge is 2.20. The molecule has 0 bridgehead atoms. The summed E-state index contributed by atoms with van der Waals surface area (Å²) in [6, 6.07) is 5.70. The van der Waals surface area contributed by atoms with E-state index >= 15 is 0 Å². The smallest absolute Gasteiger partial charge is 0.176 e. The normalized spacial score (nSPS) is 16.0. The van der Waals surface area contributed by atoms with E-state index in [1.165, 1.54) is 24.4 Å². The van der Waals surface area contributed by atoms with Gasteiger partial charge in [-0.15, -0.1) is 4.94 Å². The molecule has 0 unspecified atom stereocenters. The quantitative estimate of drug-likeness (QED) is 0.701. The van der Waals surface area contributed by atoms with Crippen LogP contribution in [-0.4, -0.2) is 10.4 Å². The maximum absolute atomic E-state index is 12.8. The van der Waals surface area contributed by atoms with Gasteiger partial charge in [-0.1, -0.05) is 11.3 Å². The van der Waals surface area contributed by atoms with Crippen molar-refractivity contribution in [2.75, 3.05) is 5.06 Å². The molecule has 1 heterocycles. The number of rotatable bonds is 1. The second-order valence-electron chi connectivity index (χ2n) is 2.71. The van der Waals surface area contributed by atoms with Crippen molar-refractivity contribution in [2.24, 2.45) is 5.73 Å². The van der Waals surface area contributed by atoms with Crippen LogP contribution in [-0.2, 0) is 4.94 Å². The van der Waals surface area contributed by atoms with E-state index in [0.717, 1.165) is 5.06 Å². The van der Waals surface area contributed by atoms with Gasteiger partial charge in [0, 0.05) is 6.07 Å². The van der Waals surface area contributed by atoms with Crippen molar-refractivity contribution in [3.63, 3.8) is 0 Å². The first kappa shape index (κ1) is 8.79. The average Bonchev–Trinajstić information content (AvgIpc) is 2.47. The summed E-state index contributed by atoms with van der Waals surface area (Å²) in [7, 11) is 0. The molecule has 2 rings (SSSR count). The second kappa shape index (κ2) is 3.17. The Morgan fingerprint density at radius 2 is 2.21 bits per heavy atom. The molecule has 1 aromatic carbocycles. The van der Waals surface area contributed by atoms with Crippen molar-refractivity contribution < 1.29 is 14.5 Å². The van der Waals surface area contributed by atoms with Gasteiger partial charge in [-0.25, -0.2) is 4.39 Å². The Hall–Kier alpha value is -1.79. The molecule has 0 aliphatic carbocycles. The highest BCUT2D eigenvalue weighted by molar-refractivity contribution is 5.47. The zero-order valence-corrected chi connectivity index (χ0v) is 7.09. The Kier molecular flexibility index (Phi) is 1.99. The van der Waals surface area contributed by atoms with Crippen molar-refractivity contribution in [1.82, 2.24) is 5.23 Å². The standard InChI is InChI=1S/C8H8FN3O2/c9-6-2-1-3-7(4-6)11-5-8(10)12(13)14-11/h1-5,13H,10H2. The van der Waals surface area contributed by atoms with Gasteiger partial charge in [-0.2, -0.15) is 5.06 Å². The number of hydrogen-bond donors (Lipinski definition) is 2. The van der Waals surface area contributed by atoms with Gasteiger partial charge in [0.15, 0.2) is 5.82 Å². The molecular formula is C8H8FN3O2. The first-order valence-corrected chi connectivity index (χ1v) is 3.86. The fourth-order valence-electron chi connectivity index (χ4n) is 1.06. The van der Waals surface area contributed by atoms with E-state index in [0.29, 0.717) is 10.9 Å². The molecule has 14 heavy (non-hydrogen) atoms. The van der Waals surface area contributed by atoms with Crippen LogP contribution in [0.25, 0.3) is 0 Å². The largest absolute Gasteiger partial charge is 0.380 e. The van der Waals surface area contributed by atoms with E-state index in [2.05, 4.69) is 0 Å². The highest BCUT2D eigenvalue weighted by Crippen LogP contribution is 2.21. The number of hydrogen-bond acceptors (Lipinski definition) is 5. The molecule has 0 atom stereocenters. The Labute approximate surface area is 79.3 Å². The maximum atomic E-state index is 12.8. The molecule has 3 N–H and O–H groups in total. The summed E-state index contributed by atoms with van der Waals surface area (Å²) in [6.45, 7) is 0. The molecule has 0 fully saturated rings. The topological polar surface area (TPSA) is 62.0 Å². The zero-order chi connectivity index (χ0) is 10.1. The van der Waals surface area contributed by atoms with E-state index in [9.17, 15) is 4.39 Å². The van der Waals surface area contributed by atoms with Gasteiger partial charge in [-0.3, -0.25) is 5.21 Å². The van der Waals surface area contributed by atoms with Crippen molar-refractivity contribution >= 4 is 5.69 Å². The average molecular weight is 197 g/mol. The van der Waals surface area contributed by atoms with Crippen molar-refractivity contribution in [3.05, 3.63) is 42.1 Å². The predicted molar refractivity (Wildman–Crippen MR) is 45.9 cm³/mol. The number of nitrogens with two attached hydrogens (primary N) is 1.